The molecule has 35 heavy (non-hydrogen) atoms. The third-order valence-corrected chi connectivity index (χ3v) is 6.73. The van der Waals surface area contributed by atoms with Crippen molar-refractivity contribution in [1.29, 1.82) is 0 Å². The van der Waals surface area contributed by atoms with Gasteiger partial charge in [0.1, 0.15) is 11.8 Å². The molecular weight excluding hydrogens is 444 g/mol. The first-order chi connectivity index (χ1) is 17.0. The Morgan fingerprint density at radius 2 is 2.03 bits per heavy atom. The van der Waals surface area contributed by atoms with E-state index in [1.54, 1.807) is 18.2 Å². The maximum atomic E-state index is 13.0. The van der Waals surface area contributed by atoms with Crippen LogP contribution in [0.25, 0.3) is 22.2 Å². The van der Waals surface area contributed by atoms with E-state index >= 15 is 0 Å². The molecule has 3 heterocycles. The van der Waals surface area contributed by atoms with E-state index in [0.29, 0.717) is 49.2 Å². The van der Waals surface area contributed by atoms with Crippen molar-refractivity contribution in [2.24, 2.45) is 5.92 Å². The SMILES string of the molecule is CCC(=O)CCCCC[C@@H](c1ncc(-c2cc3ccccc3nc2OC)o1)N(C)C(=O)C1CNC1. The number of nitrogens with zero attached hydrogens (tertiary/aromatic N) is 3. The highest BCUT2D eigenvalue weighted by atomic mass is 16.5. The molecule has 0 bridgehead atoms. The van der Waals surface area contributed by atoms with Crippen molar-refractivity contribution in [3.05, 3.63) is 42.4 Å². The molecule has 1 amide bonds. The smallest absolute Gasteiger partial charge is 0.228 e. The second-order valence-corrected chi connectivity index (χ2v) is 9.11. The standard InChI is InChI=1S/C27H34N4O4/c1-4-20(32)11-6-5-7-13-23(31(2)27(33)19-15-28-16-19)26-29-17-24(35-26)21-14-18-10-8-9-12-22(18)30-25(21)34-3/h8-10,12,14,17,19,23,28H,4-7,11,13,15-16H2,1-3H3/t23-/m0/s1. The van der Waals surface area contributed by atoms with Crippen molar-refractivity contribution in [2.45, 2.75) is 51.5 Å². The number of fused-ring (bicyclic) bond motifs is 1. The van der Waals surface area contributed by atoms with Gasteiger partial charge in [-0.1, -0.05) is 38.0 Å². The fraction of sp³-hybridized carbons (Fsp3) is 0.481. The van der Waals surface area contributed by atoms with Gasteiger partial charge in [-0.2, -0.15) is 0 Å². The third kappa shape index (κ3) is 5.70. The lowest BCUT2D eigenvalue weighted by Gasteiger charge is -2.33. The first-order valence-corrected chi connectivity index (χ1v) is 12.4. The molecule has 3 aromatic rings. The number of Topliss-reactive ketones (excluding diaryl/α,β-unsaturated/α-hetero) is 1. The number of para-hydroxylation sites is 1. The second kappa shape index (κ2) is 11.4. The van der Waals surface area contributed by atoms with Crippen LogP contribution in [0.1, 0.15) is 57.4 Å². The van der Waals surface area contributed by atoms with Crippen LogP contribution < -0.4 is 10.1 Å². The maximum Gasteiger partial charge on any atom is 0.228 e. The number of aromatic nitrogens is 2. The number of nitrogens with one attached hydrogen (secondary N) is 1. The summed E-state index contributed by atoms with van der Waals surface area (Å²) in [7, 11) is 3.41. The number of hydrogen-bond donors (Lipinski definition) is 1. The number of oxazole rings is 1. The molecular formula is C27H34N4O4. The van der Waals surface area contributed by atoms with E-state index in [0.717, 1.165) is 42.1 Å². The Labute approximate surface area is 206 Å². The molecule has 1 aliphatic heterocycles. The van der Waals surface area contributed by atoms with Gasteiger partial charge < -0.3 is 19.4 Å². The molecule has 1 N–H and O–H groups in total. The van der Waals surface area contributed by atoms with Gasteiger partial charge in [-0.3, -0.25) is 9.59 Å². The molecule has 8 nitrogen and oxygen atoms in total. The van der Waals surface area contributed by atoms with Crippen molar-refractivity contribution in [1.82, 2.24) is 20.2 Å². The number of methoxy groups -OCH3 is 1. The van der Waals surface area contributed by atoms with Crippen LogP contribution in [-0.2, 0) is 9.59 Å². The van der Waals surface area contributed by atoms with Gasteiger partial charge in [0.15, 0.2) is 5.76 Å². The molecule has 2 aromatic heterocycles. The van der Waals surface area contributed by atoms with Crippen LogP contribution in [0.3, 0.4) is 0 Å². The highest BCUT2D eigenvalue weighted by molar-refractivity contribution is 5.85. The Bertz CT molecular complexity index is 1170. The van der Waals surface area contributed by atoms with Crippen molar-refractivity contribution in [3.63, 3.8) is 0 Å². The number of carbonyl (C=O) groups is 2. The number of ether oxygens (including phenoxy) is 1. The van der Waals surface area contributed by atoms with Gasteiger partial charge in [0.05, 0.1) is 30.3 Å². The highest BCUT2D eigenvalue weighted by Gasteiger charge is 2.33. The van der Waals surface area contributed by atoms with Crippen molar-refractivity contribution < 1.29 is 18.7 Å². The van der Waals surface area contributed by atoms with Gasteiger partial charge >= 0.3 is 0 Å². The van der Waals surface area contributed by atoms with Crippen LogP contribution in [-0.4, -0.2) is 53.8 Å². The third-order valence-electron chi connectivity index (χ3n) is 6.73. The van der Waals surface area contributed by atoms with E-state index in [1.807, 2.05) is 44.3 Å². The summed E-state index contributed by atoms with van der Waals surface area (Å²) in [6.07, 6.45) is 6.25. The molecule has 1 atom stereocenters. The molecule has 0 radical (unpaired) electrons. The van der Waals surface area contributed by atoms with E-state index in [4.69, 9.17) is 9.15 Å². The molecule has 8 heteroatoms. The van der Waals surface area contributed by atoms with Crippen molar-refractivity contribution >= 4 is 22.6 Å². The van der Waals surface area contributed by atoms with Crippen LogP contribution in [0, 0.1) is 5.92 Å². The molecule has 0 saturated carbocycles. The molecule has 0 spiro atoms. The van der Waals surface area contributed by atoms with Gasteiger partial charge in [-0.05, 0) is 25.0 Å². The number of rotatable bonds is 12. The largest absolute Gasteiger partial charge is 0.480 e. The predicted octanol–water partition coefficient (Wildman–Crippen LogP) is 4.55. The summed E-state index contributed by atoms with van der Waals surface area (Å²) in [4.78, 5) is 35.6. The molecule has 1 aromatic carbocycles. The molecule has 186 valence electrons. The minimum Gasteiger partial charge on any atom is -0.480 e. The first kappa shape index (κ1) is 24.9. The van der Waals surface area contributed by atoms with Crippen molar-refractivity contribution in [3.8, 4) is 17.2 Å². The minimum absolute atomic E-state index is 0.0103. The number of pyridine rings is 1. The summed E-state index contributed by atoms with van der Waals surface area (Å²) in [6.45, 7) is 3.30. The maximum absolute atomic E-state index is 13.0. The summed E-state index contributed by atoms with van der Waals surface area (Å²) >= 11 is 0. The number of benzene rings is 1. The zero-order chi connectivity index (χ0) is 24.8. The number of ketones is 1. The Morgan fingerprint density at radius 3 is 2.74 bits per heavy atom. The van der Waals surface area contributed by atoms with Gasteiger partial charge in [-0.15, -0.1) is 0 Å². The van der Waals surface area contributed by atoms with Gasteiger partial charge in [-0.25, -0.2) is 9.97 Å². The average molecular weight is 479 g/mol. The minimum atomic E-state index is -0.280. The Kier molecular flexibility index (Phi) is 8.13. The van der Waals surface area contributed by atoms with E-state index in [-0.39, 0.29) is 17.9 Å². The number of unbranched alkanes of at least 4 members (excludes halogenated alkanes) is 2. The quantitative estimate of drug-likeness (QED) is 0.382. The fourth-order valence-corrected chi connectivity index (χ4v) is 4.40. The number of amides is 1. The molecule has 1 saturated heterocycles. The van der Waals surface area contributed by atoms with Crippen LogP contribution in [0.5, 0.6) is 5.88 Å². The normalized spacial score (nSPS) is 14.5. The van der Waals surface area contributed by atoms with E-state index < -0.39 is 0 Å². The average Bonchev–Trinajstić information content (AvgIpc) is 3.33. The topological polar surface area (TPSA) is 97.6 Å². The Morgan fingerprint density at radius 1 is 1.23 bits per heavy atom. The summed E-state index contributed by atoms with van der Waals surface area (Å²) in [5.74, 6) is 1.90. The van der Waals surface area contributed by atoms with E-state index in [2.05, 4.69) is 15.3 Å². The van der Waals surface area contributed by atoms with E-state index in [1.165, 1.54) is 0 Å². The monoisotopic (exact) mass is 478 g/mol. The molecule has 4 rings (SSSR count). The summed E-state index contributed by atoms with van der Waals surface area (Å²) in [5.41, 5.74) is 1.56. The van der Waals surface area contributed by atoms with E-state index in [9.17, 15) is 9.59 Å². The molecule has 1 fully saturated rings. The van der Waals surface area contributed by atoms with Crippen LogP contribution in [0.4, 0.5) is 0 Å². The zero-order valence-electron chi connectivity index (χ0n) is 20.8. The van der Waals surface area contributed by atoms with Crippen LogP contribution in [0.2, 0.25) is 0 Å². The molecule has 0 unspecified atom stereocenters. The lowest BCUT2D eigenvalue weighted by atomic mass is 9.99. The second-order valence-electron chi connectivity index (χ2n) is 9.11. The Hall–Kier alpha value is -3.26. The summed E-state index contributed by atoms with van der Waals surface area (Å²) in [6, 6.07) is 9.54. The lowest BCUT2D eigenvalue weighted by molar-refractivity contribution is -0.138. The number of carbonyl (C=O) groups excluding carboxylic acids is 2. The fourth-order valence-electron chi connectivity index (χ4n) is 4.40. The van der Waals surface area contributed by atoms with Crippen LogP contribution in [0.15, 0.2) is 40.9 Å². The Balaban J connectivity index is 1.56. The van der Waals surface area contributed by atoms with Gasteiger partial charge in [0.2, 0.25) is 17.7 Å². The molecule has 0 aliphatic carbocycles. The zero-order valence-corrected chi connectivity index (χ0v) is 20.8. The highest BCUT2D eigenvalue weighted by Crippen LogP contribution is 2.35. The molecule has 1 aliphatic rings. The van der Waals surface area contributed by atoms with Gasteiger partial charge in [0, 0.05) is 38.4 Å². The van der Waals surface area contributed by atoms with Crippen LogP contribution >= 0.6 is 0 Å². The first-order valence-electron chi connectivity index (χ1n) is 12.4. The summed E-state index contributed by atoms with van der Waals surface area (Å²) in [5, 5.41) is 4.14. The predicted molar refractivity (Wildman–Crippen MR) is 134 cm³/mol. The summed E-state index contributed by atoms with van der Waals surface area (Å²) < 4.78 is 11.8. The number of hydrogen-bond acceptors (Lipinski definition) is 7. The van der Waals surface area contributed by atoms with Gasteiger partial charge in [0.25, 0.3) is 0 Å². The van der Waals surface area contributed by atoms with Crippen molar-refractivity contribution in [2.75, 3.05) is 27.2 Å². The lowest BCUT2D eigenvalue weighted by Crippen LogP contribution is -2.51.